The first-order valence-electron chi connectivity index (χ1n) is 6.39. The van der Waals surface area contributed by atoms with Crippen LogP contribution in [-0.4, -0.2) is 29.7 Å². The maximum absolute atomic E-state index is 11.4. The van der Waals surface area contributed by atoms with Crippen LogP contribution in [0.1, 0.15) is 52.4 Å². The number of hydrogen-bond donors (Lipinski definition) is 3. The number of nitrogens with one attached hydrogen (secondary N) is 2. The fraction of sp³-hybridized carbons (Fsp3) is 0.833. The molecule has 100 valence electrons. The van der Waals surface area contributed by atoms with Gasteiger partial charge in [0.2, 0.25) is 0 Å². The lowest BCUT2D eigenvalue weighted by atomic mass is 10.1. The van der Waals surface area contributed by atoms with Crippen molar-refractivity contribution in [2.75, 3.05) is 6.54 Å². The zero-order chi connectivity index (χ0) is 13.1. The Morgan fingerprint density at radius 2 is 1.76 bits per heavy atom. The van der Waals surface area contributed by atoms with Gasteiger partial charge in [-0.3, -0.25) is 0 Å². The fourth-order valence-corrected chi connectivity index (χ4v) is 1.45. The van der Waals surface area contributed by atoms with Crippen LogP contribution in [0.3, 0.4) is 0 Å². The molecule has 2 amide bonds. The number of rotatable bonds is 9. The molecule has 0 aromatic carbocycles. The minimum atomic E-state index is -0.970. The normalized spacial score (nSPS) is 11.9. The zero-order valence-corrected chi connectivity index (χ0v) is 10.8. The summed E-state index contributed by atoms with van der Waals surface area (Å²) in [6, 6.07) is -1.16. The smallest absolute Gasteiger partial charge is 0.326 e. The molecule has 0 heterocycles. The second kappa shape index (κ2) is 9.93. The molecule has 0 bridgehead atoms. The van der Waals surface area contributed by atoms with E-state index >= 15 is 0 Å². The molecule has 1 atom stereocenters. The first-order valence-corrected chi connectivity index (χ1v) is 6.39. The second-order valence-electron chi connectivity index (χ2n) is 4.14. The Bertz CT molecular complexity index is 232. The highest BCUT2D eigenvalue weighted by molar-refractivity contribution is 5.82. The van der Waals surface area contributed by atoms with Crippen LogP contribution in [0.4, 0.5) is 4.79 Å². The first kappa shape index (κ1) is 15.7. The molecule has 0 aromatic heterocycles. The van der Waals surface area contributed by atoms with Gasteiger partial charge < -0.3 is 15.7 Å². The number of carboxylic acid groups (broad SMARTS) is 1. The summed E-state index contributed by atoms with van der Waals surface area (Å²) in [6.45, 7) is 4.68. The van der Waals surface area contributed by atoms with Crippen LogP contribution >= 0.6 is 0 Å². The maximum atomic E-state index is 11.4. The molecule has 0 aliphatic heterocycles. The lowest BCUT2D eigenvalue weighted by Gasteiger charge is -2.14. The molecule has 0 saturated carbocycles. The zero-order valence-electron chi connectivity index (χ0n) is 10.8. The Kier molecular flexibility index (Phi) is 9.19. The number of unbranched alkanes of at least 4 members (excludes halogenated alkanes) is 3. The number of hydrogen-bond acceptors (Lipinski definition) is 2. The van der Waals surface area contributed by atoms with E-state index in [4.69, 9.17) is 5.11 Å². The van der Waals surface area contributed by atoms with Gasteiger partial charge in [-0.15, -0.1) is 0 Å². The largest absolute Gasteiger partial charge is 0.480 e. The Morgan fingerprint density at radius 3 is 2.29 bits per heavy atom. The van der Waals surface area contributed by atoms with Gasteiger partial charge in [0, 0.05) is 6.54 Å². The number of urea groups is 1. The van der Waals surface area contributed by atoms with Crippen LogP contribution in [0.15, 0.2) is 0 Å². The quantitative estimate of drug-likeness (QED) is 0.544. The molecule has 5 heteroatoms. The third kappa shape index (κ3) is 8.54. The summed E-state index contributed by atoms with van der Waals surface area (Å²) in [4.78, 5) is 22.3. The van der Waals surface area contributed by atoms with E-state index in [2.05, 4.69) is 17.6 Å². The third-order valence-corrected chi connectivity index (χ3v) is 2.52. The molecular weight excluding hydrogens is 220 g/mol. The highest BCUT2D eigenvalue weighted by atomic mass is 16.4. The van der Waals surface area contributed by atoms with E-state index < -0.39 is 12.0 Å². The summed E-state index contributed by atoms with van der Waals surface area (Å²) in [5.74, 6) is -0.970. The number of carbonyl (C=O) groups excluding carboxylic acids is 1. The monoisotopic (exact) mass is 244 g/mol. The van der Waals surface area contributed by atoms with E-state index in [1.807, 2.05) is 6.92 Å². The van der Waals surface area contributed by atoms with Crippen molar-refractivity contribution in [1.82, 2.24) is 10.6 Å². The van der Waals surface area contributed by atoms with Crippen molar-refractivity contribution >= 4 is 12.0 Å². The van der Waals surface area contributed by atoms with E-state index in [9.17, 15) is 9.59 Å². The van der Waals surface area contributed by atoms with Crippen molar-refractivity contribution in [3.8, 4) is 0 Å². The number of amides is 2. The predicted octanol–water partition coefficient (Wildman–Crippen LogP) is 2.12. The van der Waals surface area contributed by atoms with E-state index in [0.717, 1.165) is 32.1 Å². The summed E-state index contributed by atoms with van der Waals surface area (Å²) in [7, 11) is 0. The van der Waals surface area contributed by atoms with Gasteiger partial charge >= 0.3 is 12.0 Å². The van der Waals surface area contributed by atoms with Crippen LogP contribution in [0.25, 0.3) is 0 Å². The predicted molar refractivity (Wildman–Crippen MR) is 67.0 cm³/mol. The van der Waals surface area contributed by atoms with E-state index in [-0.39, 0.29) is 6.03 Å². The van der Waals surface area contributed by atoms with Crippen LogP contribution in [0.2, 0.25) is 0 Å². The van der Waals surface area contributed by atoms with E-state index in [1.54, 1.807) is 0 Å². The number of carbonyl (C=O) groups is 2. The fourth-order valence-electron chi connectivity index (χ4n) is 1.45. The standard InChI is InChI=1S/C12H24N2O3/c1-3-5-7-9-13-12(17)14-10(11(15)16)8-6-4-2/h10H,3-9H2,1-2H3,(H,15,16)(H2,13,14,17)/t10-/m0/s1. The Hall–Kier alpha value is -1.26. The van der Waals surface area contributed by atoms with Crippen LogP contribution in [0, 0.1) is 0 Å². The summed E-state index contributed by atoms with van der Waals surface area (Å²) >= 11 is 0. The molecule has 0 fully saturated rings. The van der Waals surface area contributed by atoms with Crippen molar-refractivity contribution in [2.45, 2.75) is 58.4 Å². The van der Waals surface area contributed by atoms with Crippen molar-refractivity contribution in [2.24, 2.45) is 0 Å². The Balaban J connectivity index is 3.83. The van der Waals surface area contributed by atoms with Gasteiger partial charge in [0.05, 0.1) is 0 Å². The molecule has 0 saturated heterocycles. The van der Waals surface area contributed by atoms with Crippen molar-refractivity contribution in [3.05, 3.63) is 0 Å². The average molecular weight is 244 g/mol. The van der Waals surface area contributed by atoms with Gasteiger partial charge in [0.1, 0.15) is 6.04 Å². The Labute approximate surface area is 103 Å². The molecule has 0 rings (SSSR count). The van der Waals surface area contributed by atoms with E-state index in [1.165, 1.54) is 0 Å². The summed E-state index contributed by atoms with van der Waals surface area (Å²) in [5, 5.41) is 14.1. The minimum absolute atomic E-state index is 0.385. The third-order valence-electron chi connectivity index (χ3n) is 2.52. The molecule has 0 unspecified atom stereocenters. The van der Waals surface area contributed by atoms with Gasteiger partial charge in [0.25, 0.3) is 0 Å². The number of carboxylic acids is 1. The van der Waals surface area contributed by atoms with Gasteiger partial charge in [-0.25, -0.2) is 9.59 Å². The lowest BCUT2D eigenvalue weighted by Crippen LogP contribution is -2.46. The summed E-state index contributed by atoms with van der Waals surface area (Å²) in [6.07, 6.45) is 5.29. The molecule has 0 spiro atoms. The molecule has 3 N–H and O–H groups in total. The summed E-state index contributed by atoms with van der Waals surface area (Å²) < 4.78 is 0. The molecule has 0 aliphatic rings. The molecule has 0 aromatic rings. The molecular formula is C12H24N2O3. The van der Waals surface area contributed by atoms with E-state index in [0.29, 0.717) is 13.0 Å². The Morgan fingerprint density at radius 1 is 1.12 bits per heavy atom. The van der Waals surface area contributed by atoms with Gasteiger partial charge in [0.15, 0.2) is 0 Å². The topological polar surface area (TPSA) is 78.4 Å². The highest BCUT2D eigenvalue weighted by Gasteiger charge is 2.18. The van der Waals surface area contributed by atoms with Crippen molar-refractivity contribution in [3.63, 3.8) is 0 Å². The highest BCUT2D eigenvalue weighted by Crippen LogP contribution is 2.00. The van der Waals surface area contributed by atoms with Gasteiger partial charge in [-0.2, -0.15) is 0 Å². The molecule has 0 aliphatic carbocycles. The minimum Gasteiger partial charge on any atom is -0.480 e. The van der Waals surface area contributed by atoms with Gasteiger partial charge in [-0.1, -0.05) is 39.5 Å². The van der Waals surface area contributed by atoms with Crippen molar-refractivity contribution < 1.29 is 14.7 Å². The van der Waals surface area contributed by atoms with Crippen LogP contribution in [-0.2, 0) is 4.79 Å². The maximum Gasteiger partial charge on any atom is 0.326 e. The van der Waals surface area contributed by atoms with Crippen LogP contribution in [0.5, 0.6) is 0 Å². The van der Waals surface area contributed by atoms with Crippen molar-refractivity contribution in [1.29, 1.82) is 0 Å². The first-order chi connectivity index (χ1) is 8.11. The SMILES string of the molecule is CCCCCNC(=O)N[C@@H](CCCC)C(=O)O. The average Bonchev–Trinajstić information content (AvgIpc) is 2.29. The van der Waals surface area contributed by atoms with Gasteiger partial charge in [-0.05, 0) is 12.8 Å². The lowest BCUT2D eigenvalue weighted by molar-refractivity contribution is -0.139. The molecule has 17 heavy (non-hydrogen) atoms. The van der Waals surface area contributed by atoms with Crippen LogP contribution < -0.4 is 10.6 Å². The second-order valence-corrected chi connectivity index (χ2v) is 4.14. The molecule has 0 radical (unpaired) electrons. The molecule has 5 nitrogen and oxygen atoms in total. The summed E-state index contributed by atoms with van der Waals surface area (Å²) in [5.41, 5.74) is 0. The number of aliphatic carboxylic acids is 1.